The third-order valence-corrected chi connectivity index (χ3v) is 7.19. The summed E-state index contributed by atoms with van der Waals surface area (Å²) in [5.41, 5.74) is -6.59. The van der Waals surface area contributed by atoms with E-state index in [9.17, 15) is 24.9 Å². The zero-order valence-corrected chi connectivity index (χ0v) is 13.7. The maximum absolute atomic E-state index is 12.5. The Morgan fingerprint density at radius 3 is 2.58 bits per heavy atom. The Bertz CT molecular complexity index is 621. The van der Waals surface area contributed by atoms with E-state index >= 15 is 0 Å². The molecule has 4 aliphatic rings. The summed E-state index contributed by atoms with van der Waals surface area (Å²) in [6.45, 7) is 1.36. The Morgan fingerprint density at radius 2 is 2.04 bits per heavy atom. The van der Waals surface area contributed by atoms with Gasteiger partial charge in [-0.1, -0.05) is 6.92 Å². The average Bonchev–Trinajstić information content (AvgIpc) is 2.77. The van der Waals surface area contributed by atoms with Crippen molar-refractivity contribution in [3.63, 3.8) is 0 Å². The van der Waals surface area contributed by atoms with Crippen LogP contribution in [0.2, 0.25) is 0 Å². The lowest BCUT2D eigenvalue weighted by molar-refractivity contribution is -0.369. The van der Waals surface area contributed by atoms with Crippen LogP contribution >= 0.6 is 0 Å². The fourth-order valence-corrected chi connectivity index (χ4v) is 5.88. The fraction of sp³-hybridized carbons (Fsp3) is 0.875. The Balaban J connectivity index is 1.99. The van der Waals surface area contributed by atoms with Gasteiger partial charge in [0.2, 0.25) is 0 Å². The highest BCUT2D eigenvalue weighted by atomic mass is 16.6. The quantitative estimate of drug-likeness (QED) is 0.532. The van der Waals surface area contributed by atoms with Crippen molar-refractivity contribution in [1.82, 2.24) is 0 Å². The molecule has 2 aliphatic heterocycles. The number of aliphatic hydroxyl groups is 3. The molecular weight excluding hydrogens is 320 g/mol. The summed E-state index contributed by atoms with van der Waals surface area (Å²) < 4.78 is 15.4. The van der Waals surface area contributed by atoms with Crippen molar-refractivity contribution < 1.29 is 39.1 Å². The van der Waals surface area contributed by atoms with Crippen LogP contribution in [0.3, 0.4) is 0 Å². The topological polar surface area (TPSA) is 123 Å². The van der Waals surface area contributed by atoms with Crippen molar-refractivity contribution in [2.45, 2.75) is 49.6 Å². The Morgan fingerprint density at radius 1 is 1.33 bits per heavy atom. The van der Waals surface area contributed by atoms with Gasteiger partial charge in [-0.15, -0.1) is 0 Å². The van der Waals surface area contributed by atoms with Gasteiger partial charge < -0.3 is 29.5 Å². The van der Waals surface area contributed by atoms with E-state index in [1.165, 1.54) is 7.11 Å². The van der Waals surface area contributed by atoms with Crippen molar-refractivity contribution >= 4 is 11.9 Å². The third-order valence-electron chi connectivity index (χ3n) is 7.19. The molecule has 4 fully saturated rings. The van der Waals surface area contributed by atoms with E-state index in [4.69, 9.17) is 14.2 Å². The predicted octanol–water partition coefficient (Wildman–Crippen LogP) is -1.26. The summed E-state index contributed by atoms with van der Waals surface area (Å²) in [5.74, 6) is -1.83. The number of methoxy groups -OCH3 is 1. The molecule has 4 rings (SSSR count). The highest BCUT2D eigenvalue weighted by Gasteiger charge is 2.88. The Hall–Kier alpha value is -1.22. The summed E-state index contributed by atoms with van der Waals surface area (Å²) >= 11 is 0. The van der Waals surface area contributed by atoms with Crippen LogP contribution in [0.5, 0.6) is 0 Å². The minimum Gasteiger partial charge on any atom is -0.464 e. The molecule has 2 heterocycles. The van der Waals surface area contributed by atoms with Crippen LogP contribution in [-0.4, -0.2) is 71.0 Å². The monoisotopic (exact) mass is 342 g/mol. The number of cyclic esters (lactones) is 1. The minimum atomic E-state index is -1.91. The smallest absolute Gasteiger partial charge is 0.336 e. The number of carbonyl (C=O) groups excluding carboxylic acids is 2. The first kappa shape index (κ1) is 16.3. The summed E-state index contributed by atoms with van der Waals surface area (Å²) in [5, 5.41) is 33.7. The molecule has 2 saturated heterocycles. The van der Waals surface area contributed by atoms with Crippen LogP contribution in [0.15, 0.2) is 0 Å². The van der Waals surface area contributed by atoms with Crippen molar-refractivity contribution in [3.8, 4) is 0 Å². The normalized spacial score (nSPS) is 55.6. The molecule has 0 radical (unpaired) electrons. The molecule has 0 amide bonds. The summed E-state index contributed by atoms with van der Waals surface area (Å²) in [6, 6.07) is 0. The van der Waals surface area contributed by atoms with Gasteiger partial charge in [0.15, 0.2) is 11.5 Å². The molecule has 7 atom stereocenters. The number of rotatable bonds is 2. The highest BCUT2D eigenvalue weighted by Crippen LogP contribution is 2.72. The van der Waals surface area contributed by atoms with E-state index in [-0.39, 0.29) is 32.0 Å². The van der Waals surface area contributed by atoms with Crippen LogP contribution in [0.1, 0.15) is 26.2 Å². The first-order chi connectivity index (χ1) is 11.2. The number of hydrogen-bond donors (Lipinski definition) is 3. The average molecular weight is 342 g/mol. The standard InChI is InChI=1S/C16H22O8/c1-8-3-4-16(21)13(8)5-9(24-11(18)10(13)17)15(20,7-22-2)14(16)6-23-12(14)19/h8-10,17,20-21H,3-7H2,1-2H3/t8-,9-,10+,13+,14+,15+,16-/m0/s1. The van der Waals surface area contributed by atoms with Crippen molar-refractivity contribution in [1.29, 1.82) is 0 Å². The number of fused-ring (bicyclic) bond motifs is 2. The minimum absolute atomic E-state index is 0.0759. The zero-order valence-electron chi connectivity index (χ0n) is 13.7. The summed E-state index contributed by atoms with van der Waals surface area (Å²) in [7, 11) is 1.36. The fourth-order valence-electron chi connectivity index (χ4n) is 5.88. The van der Waals surface area contributed by atoms with E-state index in [1.54, 1.807) is 0 Å². The molecule has 2 bridgehead atoms. The van der Waals surface area contributed by atoms with Crippen LogP contribution in [0.25, 0.3) is 0 Å². The Labute approximate surface area is 138 Å². The lowest BCUT2D eigenvalue weighted by Gasteiger charge is -2.69. The second-order valence-corrected chi connectivity index (χ2v) is 7.71. The largest absolute Gasteiger partial charge is 0.464 e. The van der Waals surface area contributed by atoms with Gasteiger partial charge in [-0.3, -0.25) is 4.79 Å². The van der Waals surface area contributed by atoms with Gasteiger partial charge in [0.25, 0.3) is 0 Å². The van der Waals surface area contributed by atoms with Crippen molar-refractivity contribution in [2.75, 3.05) is 20.3 Å². The van der Waals surface area contributed by atoms with Crippen molar-refractivity contribution in [3.05, 3.63) is 0 Å². The lowest BCUT2D eigenvalue weighted by Crippen LogP contribution is -2.87. The molecule has 2 aliphatic carbocycles. The molecular formula is C16H22O8. The van der Waals surface area contributed by atoms with E-state index in [2.05, 4.69) is 0 Å². The van der Waals surface area contributed by atoms with Gasteiger partial charge in [0.05, 0.1) is 12.2 Å². The third kappa shape index (κ3) is 1.31. The van der Waals surface area contributed by atoms with Crippen LogP contribution in [-0.2, 0) is 23.8 Å². The molecule has 0 unspecified atom stereocenters. The number of aliphatic hydroxyl groups excluding tert-OH is 1. The maximum Gasteiger partial charge on any atom is 0.336 e. The number of carbonyl (C=O) groups is 2. The number of ether oxygens (including phenoxy) is 3. The van der Waals surface area contributed by atoms with E-state index in [0.717, 1.165) is 0 Å². The summed E-state index contributed by atoms with van der Waals surface area (Å²) in [4.78, 5) is 24.8. The van der Waals surface area contributed by atoms with Crippen LogP contribution < -0.4 is 0 Å². The van der Waals surface area contributed by atoms with Gasteiger partial charge in [0.1, 0.15) is 18.3 Å². The van der Waals surface area contributed by atoms with Gasteiger partial charge in [-0.2, -0.15) is 0 Å². The number of esters is 2. The zero-order chi connectivity index (χ0) is 17.5. The second kappa shape index (κ2) is 4.49. The number of hydrogen-bond acceptors (Lipinski definition) is 8. The predicted molar refractivity (Wildman–Crippen MR) is 76.5 cm³/mol. The van der Waals surface area contributed by atoms with Gasteiger partial charge in [-0.25, -0.2) is 4.79 Å². The molecule has 2 spiro atoms. The second-order valence-electron chi connectivity index (χ2n) is 7.71. The molecule has 0 aromatic heterocycles. The van der Waals surface area contributed by atoms with Gasteiger partial charge >= 0.3 is 11.9 Å². The Kier molecular flexibility index (Phi) is 3.04. The first-order valence-corrected chi connectivity index (χ1v) is 8.21. The van der Waals surface area contributed by atoms with E-state index < -0.39 is 46.2 Å². The molecule has 2 saturated carbocycles. The summed E-state index contributed by atoms with van der Waals surface area (Å²) in [6.07, 6.45) is -1.82. The lowest BCUT2D eigenvalue weighted by atomic mass is 9.42. The first-order valence-electron chi connectivity index (χ1n) is 8.21. The highest BCUT2D eigenvalue weighted by molar-refractivity contribution is 5.88. The molecule has 0 aromatic carbocycles. The van der Waals surface area contributed by atoms with Crippen molar-refractivity contribution in [2.24, 2.45) is 16.7 Å². The molecule has 8 heteroatoms. The van der Waals surface area contributed by atoms with Crippen LogP contribution in [0, 0.1) is 16.7 Å². The van der Waals surface area contributed by atoms with Gasteiger partial charge in [-0.05, 0) is 25.2 Å². The molecule has 24 heavy (non-hydrogen) atoms. The van der Waals surface area contributed by atoms with Gasteiger partial charge in [0, 0.05) is 12.5 Å². The molecule has 134 valence electrons. The molecule has 3 N–H and O–H groups in total. The molecule has 0 aromatic rings. The van der Waals surface area contributed by atoms with E-state index in [1.807, 2.05) is 6.92 Å². The van der Waals surface area contributed by atoms with Crippen LogP contribution in [0.4, 0.5) is 0 Å². The SMILES string of the molecule is COC[C@@]1(O)[C@@H]2C[C@]3([C@H](O)C(=O)O2)[C@@H](C)CC[C@@]3(O)[C@@]12COC2=O. The maximum atomic E-state index is 12.5. The molecule has 8 nitrogen and oxygen atoms in total. The van der Waals surface area contributed by atoms with E-state index in [0.29, 0.717) is 6.42 Å².